The van der Waals surface area contributed by atoms with E-state index in [0.717, 1.165) is 43.4 Å². The largest absolute Gasteiger partial charge is 0.373 e. The Kier molecular flexibility index (Phi) is 3.46. The first-order chi connectivity index (χ1) is 9.65. The van der Waals surface area contributed by atoms with Crippen LogP contribution in [0.4, 0.5) is 11.6 Å². The molecule has 1 aromatic rings. The number of hydrogen-bond acceptors (Lipinski definition) is 5. The second-order valence-corrected chi connectivity index (χ2v) is 5.62. The lowest BCUT2D eigenvalue weighted by atomic mass is 9.85. The Bertz CT molecular complexity index is 518. The third-order valence-electron chi connectivity index (χ3n) is 4.23. The molecule has 0 aliphatic carbocycles. The molecule has 1 amide bonds. The summed E-state index contributed by atoms with van der Waals surface area (Å²) in [5.41, 5.74) is 0. The van der Waals surface area contributed by atoms with Gasteiger partial charge in [0.1, 0.15) is 17.5 Å². The topological polar surface area (TPSA) is 70.2 Å². The Labute approximate surface area is 119 Å². The van der Waals surface area contributed by atoms with E-state index in [0.29, 0.717) is 18.4 Å². The Morgan fingerprint density at radius 2 is 2.25 bits per heavy atom. The average Bonchev–Trinajstić information content (AvgIpc) is 2.46. The Hall–Kier alpha value is -1.85. The molecular weight excluding hydrogens is 254 g/mol. The molecule has 2 atom stereocenters. The van der Waals surface area contributed by atoms with Gasteiger partial charge in [0, 0.05) is 38.7 Å². The average molecular weight is 275 g/mol. The Morgan fingerprint density at radius 1 is 1.40 bits per heavy atom. The number of nitrogens with one attached hydrogen (secondary N) is 2. The zero-order valence-electron chi connectivity index (χ0n) is 12.0. The number of amides is 1. The Morgan fingerprint density at radius 3 is 3.05 bits per heavy atom. The summed E-state index contributed by atoms with van der Waals surface area (Å²) in [6.07, 6.45) is 2.63. The molecule has 6 nitrogen and oxygen atoms in total. The van der Waals surface area contributed by atoms with Gasteiger partial charge >= 0.3 is 0 Å². The van der Waals surface area contributed by atoms with Crippen molar-refractivity contribution in [2.45, 2.75) is 32.2 Å². The number of piperidine rings is 2. The summed E-state index contributed by atoms with van der Waals surface area (Å²) in [6, 6.07) is 2.34. The number of carbonyl (C=O) groups excluding carboxylic acids is 1. The maximum Gasteiger partial charge on any atom is 0.220 e. The Balaban J connectivity index is 1.76. The van der Waals surface area contributed by atoms with Gasteiger partial charge < -0.3 is 15.5 Å². The fraction of sp³-hybridized carbons (Fsp3) is 0.643. The molecule has 2 unspecified atom stereocenters. The van der Waals surface area contributed by atoms with Crippen molar-refractivity contribution in [3.8, 4) is 0 Å². The number of aromatic nitrogens is 2. The molecule has 2 fully saturated rings. The molecule has 0 saturated carbocycles. The molecule has 2 aliphatic rings. The van der Waals surface area contributed by atoms with Crippen LogP contribution in [0.2, 0.25) is 0 Å². The number of fused-ring (bicyclic) bond motifs is 1. The summed E-state index contributed by atoms with van der Waals surface area (Å²) in [5, 5.41) is 6.19. The van der Waals surface area contributed by atoms with Gasteiger partial charge in [-0.2, -0.15) is 0 Å². The number of hydrogen-bond donors (Lipinski definition) is 2. The van der Waals surface area contributed by atoms with Crippen LogP contribution >= 0.6 is 0 Å². The quantitative estimate of drug-likeness (QED) is 0.840. The molecule has 0 bridgehead atoms. The molecule has 0 aromatic carbocycles. The monoisotopic (exact) mass is 275 g/mol. The summed E-state index contributed by atoms with van der Waals surface area (Å²) in [5.74, 6) is 3.36. The van der Waals surface area contributed by atoms with Crippen molar-refractivity contribution in [3.05, 3.63) is 11.9 Å². The van der Waals surface area contributed by atoms with Crippen LogP contribution in [0.25, 0.3) is 0 Å². The van der Waals surface area contributed by atoms with E-state index in [4.69, 9.17) is 0 Å². The highest BCUT2D eigenvalue weighted by Gasteiger charge is 2.34. The van der Waals surface area contributed by atoms with Crippen molar-refractivity contribution in [3.63, 3.8) is 0 Å². The van der Waals surface area contributed by atoms with Crippen molar-refractivity contribution < 1.29 is 4.79 Å². The van der Waals surface area contributed by atoms with E-state index in [2.05, 4.69) is 25.5 Å². The third kappa shape index (κ3) is 2.55. The molecule has 1 aromatic heterocycles. The van der Waals surface area contributed by atoms with Crippen molar-refractivity contribution in [1.82, 2.24) is 15.3 Å². The first-order valence-electron chi connectivity index (χ1n) is 7.23. The summed E-state index contributed by atoms with van der Waals surface area (Å²) < 4.78 is 0. The first-order valence-corrected chi connectivity index (χ1v) is 7.23. The summed E-state index contributed by atoms with van der Waals surface area (Å²) in [7, 11) is 1.87. The van der Waals surface area contributed by atoms with Crippen molar-refractivity contribution in [2.75, 3.05) is 30.4 Å². The van der Waals surface area contributed by atoms with Gasteiger partial charge in [0.25, 0.3) is 0 Å². The predicted molar refractivity (Wildman–Crippen MR) is 77.8 cm³/mol. The predicted octanol–water partition coefficient (Wildman–Crippen LogP) is 0.932. The zero-order chi connectivity index (χ0) is 14.1. The van der Waals surface area contributed by atoms with Gasteiger partial charge in [-0.15, -0.1) is 0 Å². The molecule has 2 N–H and O–H groups in total. The third-order valence-corrected chi connectivity index (χ3v) is 4.23. The van der Waals surface area contributed by atoms with Gasteiger partial charge in [0.05, 0.1) is 0 Å². The summed E-state index contributed by atoms with van der Waals surface area (Å²) in [4.78, 5) is 22.6. The van der Waals surface area contributed by atoms with E-state index in [-0.39, 0.29) is 5.91 Å². The highest BCUT2D eigenvalue weighted by Crippen LogP contribution is 2.28. The number of aryl methyl sites for hydroxylation is 1. The van der Waals surface area contributed by atoms with E-state index in [9.17, 15) is 4.79 Å². The summed E-state index contributed by atoms with van der Waals surface area (Å²) >= 11 is 0. The molecule has 0 spiro atoms. The lowest BCUT2D eigenvalue weighted by Crippen LogP contribution is -2.54. The van der Waals surface area contributed by atoms with Crippen LogP contribution in [0.3, 0.4) is 0 Å². The molecule has 2 aliphatic heterocycles. The van der Waals surface area contributed by atoms with Gasteiger partial charge in [-0.3, -0.25) is 4.79 Å². The van der Waals surface area contributed by atoms with E-state index in [1.165, 1.54) is 0 Å². The van der Waals surface area contributed by atoms with E-state index < -0.39 is 0 Å². The summed E-state index contributed by atoms with van der Waals surface area (Å²) in [6.45, 7) is 3.81. The van der Waals surface area contributed by atoms with Crippen LogP contribution in [-0.4, -0.2) is 42.1 Å². The van der Waals surface area contributed by atoms with Crippen molar-refractivity contribution in [2.24, 2.45) is 5.92 Å². The van der Waals surface area contributed by atoms with Crippen LogP contribution in [0.15, 0.2) is 6.07 Å². The van der Waals surface area contributed by atoms with Crippen LogP contribution in [-0.2, 0) is 4.79 Å². The van der Waals surface area contributed by atoms with Gasteiger partial charge in [-0.05, 0) is 25.7 Å². The molecule has 6 heteroatoms. The highest BCUT2D eigenvalue weighted by atomic mass is 16.1. The lowest BCUT2D eigenvalue weighted by molar-refractivity contribution is -0.124. The number of nitrogens with zero attached hydrogens (tertiary/aromatic N) is 3. The number of rotatable bonds is 2. The normalized spacial score (nSPS) is 25.9. The number of anilines is 2. The first kappa shape index (κ1) is 13.1. The van der Waals surface area contributed by atoms with Gasteiger partial charge in [-0.1, -0.05) is 0 Å². The SMILES string of the molecule is CNc1cc(N2CCC3NC(=O)CCC3C2)nc(C)n1. The number of carbonyl (C=O) groups is 1. The van der Waals surface area contributed by atoms with Crippen LogP contribution in [0.1, 0.15) is 25.1 Å². The second kappa shape index (κ2) is 5.26. The van der Waals surface area contributed by atoms with Crippen LogP contribution < -0.4 is 15.5 Å². The minimum absolute atomic E-state index is 0.204. The molecule has 0 radical (unpaired) electrons. The van der Waals surface area contributed by atoms with E-state index in [1.54, 1.807) is 0 Å². The second-order valence-electron chi connectivity index (χ2n) is 5.62. The van der Waals surface area contributed by atoms with Gasteiger partial charge in [0.15, 0.2) is 0 Å². The van der Waals surface area contributed by atoms with E-state index >= 15 is 0 Å². The maximum atomic E-state index is 11.4. The highest BCUT2D eigenvalue weighted by molar-refractivity contribution is 5.77. The molecule has 2 saturated heterocycles. The lowest BCUT2D eigenvalue weighted by Gasteiger charge is -2.41. The molecule has 20 heavy (non-hydrogen) atoms. The molecule has 3 heterocycles. The maximum absolute atomic E-state index is 11.4. The fourth-order valence-corrected chi connectivity index (χ4v) is 3.16. The van der Waals surface area contributed by atoms with Crippen LogP contribution in [0, 0.1) is 12.8 Å². The smallest absolute Gasteiger partial charge is 0.220 e. The van der Waals surface area contributed by atoms with Gasteiger partial charge in [0.2, 0.25) is 5.91 Å². The molecule has 108 valence electrons. The standard InChI is InChI=1S/C14H21N5O/c1-9-16-12(15-2)7-13(17-9)19-6-5-11-10(8-19)3-4-14(20)18-11/h7,10-11H,3-6,8H2,1-2H3,(H,18,20)(H,15,16,17). The zero-order valence-corrected chi connectivity index (χ0v) is 12.0. The molecular formula is C14H21N5O. The molecule has 3 rings (SSSR count). The minimum Gasteiger partial charge on any atom is -0.373 e. The van der Waals surface area contributed by atoms with E-state index in [1.807, 2.05) is 20.0 Å². The van der Waals surface area contributed by atoms with Crippen molar-refractivity contribution in [1.29, 1.82) is 0 Å². The minimum atomic E-state index is 0.204. The van der Waals surface area contributed by atoms with Crippen LogP contribution in [0.5, 0.6) is 0 Å². The van der Waals surface area contributed by atoms with Gasteiger partial charge in [-0.25, -0.2) is 9.97 Å². The fourth-order valence-electron chi connectivity index (χ4n) is 3.16. The van der Waals surface area contributed by atoms with Crippen molar-refractivity contribution >= 4 is 17.5 Å².